The Bertz CT molecular complexity index is 807. The Morgan fingerprint density at radius 1 is 1.25 bits per heavy atom. The number of nitrogens with zero attached hydrogens (tertiary/aromatic N) is 2. The number of carbonyl (C=O) groups is 1. The lowest BCUT2D eigenvalue weighted by Gasteiger charge is -2.05. The number of amides is 1. The predicted octanol–water partition coefficient (Wildman–Crippen LogP) is 2.11. The fourth-order valence-electron chi connectivity index (χ4n) is 1.66. The second-order valence-corrected chi connectivity index (χ2v) is 8.68. The minimum atomic E-state index is -3.57. The van der Waals surface area contributed by atoms with Gasteiger partial charge in [0, 0.05) is 13.0 Å². The van der Waals surface area contributed by atoms with Gasteiger partial charge in [-0.3, -0.25) is 10.1 Å². The monoisotopic (exact) mass is 408 g/mol. The summed E-state index contributed by atoms with van der Waals surface area (Å²) in [5.74, 6) is -0.596. The molecule has 0 saturated carbocycles. The summed E-state index contributed by atoms with van der Waals surface area (Å²) in [7, 11) is -3.57. The number of anilines is 1. The van der Waals surface area contributed by atoms with E-state index in [1.54, 1.807) is 24.3 Å². The Labute approximate surface area is 153 Å². The number of halogens is 2. The van der Waals surface area contributed by atoms with Gasteiger partial charge in [0.2, 0.25) is 15.2 Å². The van der Waals surface area contributed by atoms with Crippen LogP contribution in [0, 0.1) is 6.92 Å². The highest BCUT2D eigenvalue weighted by Gasteiger charge is 2.16. The SMILES string of the molecule is Cc1ccc(S(=O)(=O)NCCc2nnc(NC(=O)C(Cl)Cl)s2)cc1. The number of hydrogen-bond acceptors (Lipinski definition) is 6. The van der Waals surface area contributed by atoms with E-state index in [0.29, 0.717) is 11.4 Å². The van der Waals surface area contributed by atoms with E-state index in [0.717, 1.165) is 16.9 Å². The molecule has 0 radical (unpaired) electrons. The molecule has 0 fully saturated rings. The standard InChI is InChI=1S/C13H14Cl2N4O3S2/c1-8-2-4-9(5-3-8)24(21,22)16-7-6-10-18-19-13(23-10)17-12(20)11(14)15/h2-5,11,16H,6-7H2,1H3,(H,17,19,20). The van der Waals surface area contributed by atoms with Crippen molar-refractivity contribution in [2.45, 2.75) is 23.1 Å². The van der Waals surface area contributed by atoms with Crippen molar-refractivity contribution in [3.63, 3.8) is 0 Å². The number of alkyl halides is 2. The van der Waals surface area contributed by atoms with Gasteiger partial charge >= 0.3 is 0 Å². The molecule has 1 heterocycles. The number of nitrogens with one attached hydrogen (secondary N) is 2. The summed E-state index contributed by atoms with van der Waals surface area (Å²) in [6.45, 7) is 2.04. The minimum Gasteiger partial charge on any atom is -0.298 e. The van der Waals surface area contributed by atoms with Crippen LogP contribution in [-0.4, -0.2) is 35.9 Å². The molecule has 2 rings (SSSR count). The molecule has 7 nitrogen and oxygen atoms in total. The van der Waals surface area contributed by atoms with Gasteiger partial charge in [-0.25, -0.2) is 13.1 Å². The number of sulfonamides is 1. The van der Waals surface area contributed by atoms with Gasteiger partial charge in [-0.15, -0.1) is 10.2 Å². The van der Waals surface area contributed by atoms with Crippen LogP contribution in [0.3, 0.4) is 0 Å². The Kier molecular flexibility index (Phi) is 6.53. The highest BCUT2D eigenvalue weighted by molar-refractivity contribution is 7.89. The third kappa shape index (κ3) is 5.38. The fourth-order valence-corrected chi connectivity index (χ4v) is 3.54. The Balaban J connectivity index is 1.89. The summed E-state index contributed by atoms with van der Waals surface area (Å²) >= 11 is 12.0. The Hall–Kier alpha value is -1.26. The second-order valence-electron chi connectivity index (χ2n) is 4.75. The van der Waals surface area contributed by atoms with Crippen LogP contribution >= 0.6 is 34.5 Å². The van der Waals surface area contributed by atoms with Crippen molar-refractivity contribution >= 4 is 55.6 Å². The maximum absolute atomic E-state index is 12.1. The van der Waals surface area contributed by atoms with Gasteiger partial charge in [0.1, 0.15) is 5.01 Å². The molecule has 2 aromatic rings. The molecule has 24 heavy (non-hydrogen) atoms. The third-order valence-corrected chi connectivity index (χ3v) is 5.63. The van der Waals surface area contributed by atoms with Crippen LogP contribution in [0.15, 0.2) is 29.2 Å². The van der Waals surface area contributed by atoms with E-state index in [-0.39, 0.29) is 16.6 Å². The summed E-state index contributed by atoms with van der Waals surface area (Å²) in [6.07, 6.45) is 0.337. The smallest absolute Gasteiger partial charge is 0.259 e. The van der Waals surface area contributed by atoms with Crippen LogP contribution < -0.4 is 10.0 Å². The van der Waals surface area contributed by atoms with Crippen LogP contribution in [0.2, 0.25) is 0 Å². The number of benzene rings is 1. The summed E-state index contributed by atoms with van der Waals surface area (Å²) < 4.78 is 26.8. The summed E-state index contributed by atoms with van der Waals surface area (Å²) in [6, 6.07) is 6.56. The zero-order valence-electron chi connectivity index (χ0n) is 12.5. The average molecular weight is 409 g/mol. The van der Waals surface area contributed by atoms with Gasteiger partial charge in [0.25, 0.3) is 5.91 Å². The molecule has 0 atom stereocenters. The zero-order chi connectivity index (χ0) is 17.7. The largest absolute Gasteiger partial charge is 0.298 e. The van der Waals surface area contributed by atoms with E-state index in [2.05, 4.69) is 20.2 Å². The molecule has 0 aliphatic heterocycles. The first-order chi connectivity index (χ1) is 11.3. The first-order valence-corrected chi connectivity index (χ1v) is 9.93. The quantitative estimate of drug-likeness (QED) is 0.683. The van der Waals surface area contributed by atoms with Crippen LogP contribution in [0.1, 0.15) is 10.6 Å². The van der Waals surface area contributed by atoms with E-state index in [1.165, 1.54) is 0 Å². The van der Waals surface area contributed by atoms with E-state index in [9.17, 15) is 13.2 Å². The first-order valence-electron chi connectivity index (χ1n) is 6.75. The maximum atomic E-state index is 12.1. The number of hydrogen-bond donors (Lipinski definition) is 2. The molecular weight excluding hydrogens is 395 g/mol. The van der Waals surface area contributed by atoms with Gasteiger partial charge in [-0.05, 0) is 19.1 Å². The molecule has 1 amide bonds. The van der Waals surface area contributed by atoms with E-state index in [1.807, 2.05) is 6.92 Å². The lowest BCUT2D eigenvalue weighted by Crippen LogP contribution is -2.25. The molecule has 0 aliphatic carbocycles. The van der Waals surface area contributed by atoms with Crippen molar-refractivity contribution in [1.29, 1.82) is 0 Å². The number of carbonyl (C=O) groups excluding carboxylic acids is 1. The summed E-state index contributed by atoms with van der Waals surface area (Å²) in [5.41, 5.74) is 0.980. The molecule has 0 unspecified atom stereocenters. The van der Waals surface area contributed by atoms with Crippen LogP contribution in [0.5, 0.6) is 0 Å². The number of aryl methyl sites for hydroxylation is 1. The first kappa shape index (κ1) is 19.1. The van der Waals surface area contributed by atoms with Crippen LogP contribution in [-0.2, 0) is 21.2 Å². The average Bonchev–Trinajstić information content (AvgIpc) is 2.94. The Morgan fingerprint density at radius 3 is 2.54 bits per heavy atom. The normalized spacial score (nSPS) is 11.7. The molecule has 130 valence electrons. The number of rotatable bonds is 7. The van der Waals surface area contributed by atoms with Crippen molar-refractivity contribution in [3.8, 4) is 0 Å². The zero-order valence-corrected chi connectivity index (χ0v) is 15.6. The van der Waals surface area contributed by atoms with Gasteiger partial charge in [-0.1, -0.05) is 52.2 Å². The van der Waals surface area contributed by atoms with Crippen molar-refractivity contribution in [2.24, 2.45) is 0 Å². The molecule has 11 heteroatoms. The molecule has 1 aromatic carbocycles. The molecule has 0 spiro atoms. The van der Waals surface area contributed by atoms with Gasteiger partial charge in [-0.2, -0.15) is 0 Å². The molecular formula is C13H14Cl2N4O3S2. The van der Waals surface area contributed by atoms with E-state index < -0.39 is 20.8 Å². The Morgan fingerprint density at radius 2 is 1.92 bits per heavy atom. The molecule has 2 N–H and O–H groups in total. The van der Waals surface area contributed by atoms with Gasteiger partial charge in [0.15, 0.2) is 4.84 Å². The molecule has 0 saturated heterocycles. The molecule has 0 aliphatic rings. The van der Waals surface area contributed by atoms with Crippen molar-refractivity contribution < 1.29 is 13.2 Å². The van der Waals surface area contributed by atoms with Crippen molar-refractivity contribution in [2.75, 3.05) is 11.9 Å². The van der Waals surface area contributed by atoms with Crippen molar-refractivity contribution in [1.82, 2.24) is 14.9 Å². The summed E-state index contributed by atoms with van der Waals surface area (Å²) in [5, 5.41) is 10.9. The highest BCUT2D eigenvalue weighted by atomic mass is 35.5. The van der Waals surface area contributed by atoms with E-state index >= 15 is 0 Å². The topological polar surface area (TPSA) is 101 Å². The fraction of sp³-hybridized carbons (Fsp3) is 0.308. The minimum absolute atomic E-state index is 0.159. The lowest BCUT2D eigenvalue weighted by atomic mass is 10.2. The third-order valence-electron chi connectivity index (χ3n) is 2.86. The number of aromatic nitrogens is 2. The lowest BCUT2D eigenvalue weighted by molar-refractivity contribution is -0.114. The summed E-state index contributed by atoms with van der Waals surface area (Å²) in [4.78, 5) is 10.3. The highest BCUT2D eigenvalue weighted by Crippen LogP contribution is 2.17. The maximum Gasteiger partial charge on any atom is 0.259 e. The predicted molar refractivity (Wildman–Crippen MR) is 94.1 cm³/mol. The van der Waals surface area contributed by atoms with E-state index in [4.69, 9.17) is 23.2 Å². The van der Waals surface area contributed by atoms with Gasteiger partial charge in [0.05, 0.1) is 4.90 Å². The molecule has 0 bridgehead atoms. The molecule has 1 aromatic heterocycles. The van der Waals surface area contributed by atoms with Crippen LogP contribution in [0.25, 0.3) is 0 Å². The second kappa shape index (κ2) is 8.21. The van der Waals surface area contributed by atoms with Crippen LogP contribution in [0.4, 0.5) is 5.13 Å². The van der Waals surface area contributed by atoms with Gasteiger partial charge < -0.3 is 0 Å². The van der Waals surface area contributed by atoms with Crippen molar-refractivity contribution in [3.05, 3.63) is 34.8 Å².